The highest BCUT2D eigenvalue weighted by Crippen LogP contribution is 2.39. The Balaban J connectivity index is 2.15. The van der Waals surface area contributed by atoms with Crippen LogP contribution < -0.4 is 0 Å². The van der Waals surface area contributed by atoms with Crippen LogP contribution in [0.1, 0.15) is 67.3 Å². The topological polar surface area (TPSA) is 37.3 Å². The molecule has 1 N–H and O–H groups in total. The van der Waals surface area contributed by atoms with Gasteiger partial charge in [-0.25, -0.2) is 13.6 Å². The van der Waals surface area contributed by atoms with Crippen LogP contribution in [0.4, 0.5) is 8.78 Å². The maximum Gasteiger partial charge on any atom is 0.338 e. The lowest BCUT2D eigenvalue weighted by Gasteiger charge is -2.29. The molecule has 110 valence electrons. The van der Waals surface area contributed by atoms with Crippen molar-refractivity contribution in [1.29, 1.82) is 0 Å². The number of hydrogen-bond donors (Lipinski definition) is 1. The van der Waals surface area contributed by atoms with Crippen molar-refractivity contribution >= 4 is 5.97 Å². The minimum absolute atomic E-state index is 0.0143. The largest absolute Gasteiger partial charge is 0.478 e. The van der Waals surface area contributed by atoms with E-state index >= 15 is 0 Å². The Bertz CT molecular complexity index is 491. The third-order valence-electron chi connectivity index (χ3n) is 4.33. The zero-order valence-corrected chi connectivity index (χ0v) is 11.7. The van der Waals surface area contributed by atoms with Crippen molar-refractivity contribution in [3.05, 3.63) is 34.9 Å². The van der Waals surface area contributed by atoms with Gasteiger partial charge in [0.1, 0.15) is 0 Å². The Morgan fingerprint density at radius 1 is 1.20 bits per heavy atom. The summed E-state index contributed by atoms with van der Waals surface area (Å²) < 4.78 is 27.7. The molecule has 0 unspecified atom stereocenters. The fourth-order valence-electron chi connectivity index (χ4n) is 3.22. The second-order valence-electron chi connectivity index (χ2n) is 5.64. The highest BCUT2D eigenvalue weighted by molar-refractivity contribution is 5.88. The third kappa shape index (κ3) is 3.00. The van der Waals surface area contributed by atoms with E-state index in [4.69, 9.17) is 5.11 Å². The van der Waals surface area contributed by atoms with Crippen LogP contribution >= 0.6 is 0 Å². The number of carbonyl (C=O) groups is 1. The average molecular weight is 282 g/mol. The molecule has 20 heavy (non-hydrogen) atoms. The smallest absolute Gasteiger partial charge is 0.338 e. The summed E-state index contributed by atoms with van der Waals surface area (Å²) in [7, 11) is 0. The summed E-state index contributed by atoms with van der Waals surface area (Å²) in [5, 5.41) is 8.78. The van der Waals surface area contributed by atoms with Gasteiger partial charge in [0.15, 0.2) is 11.6 Å². The molecule has 1 aliphatic rings. The molecule has 2 rings (SSSR count). The van der Waals surface area contributed by atoms with Crippen LogP contribution in [0, 0.1) is 17.6 Å². The monoisotopic (exact) mass is 282 g/mol. The van der Waals surface area contributed by atoms with Crippen molar-refractivity contribution in [1.82, 2.24) is 0 Å². The van der Waals surface area contributed by atoms with Crippen molar-refractivity contribution in [2.24, 2.45) is 5.92 Å². The average Bonchev–Trinajstić information content (AvgIpc) is 2.43. The fourth-order valence-corrected chi connectivity index (χ4v) is 3.22. The maximum absolute atomic E-state index is 14.0. The van der Waals surface area contributed by atoms with Gasteiger partial charge in [-0.3, -0.25) is 0 Å². The van der Waals surface area contributed by atoms with Crippen molar-refractivity contribution in [2.45, 2.75) is 51.4 Å². The van der Waals surface area contributed by atoms with Gasteiger partial charge in [0.25, 0.3) is 0 Å². The number of benzene rings is 1. The molecular weight excluding hydrogens is 262 g/mol. The van der Waals surface area contributed by atoms with E-state index in [1.807, 2.05) is 0 Å². The van der Waals surface area contributed by atoms with Crippen molar-refractivity contribution in [3.63, 3.8) is 0 Å². The van der Waals surface area contributed by atoms with Crippen LogP contribution in [0.25, 0.3) is 0 Å². The van der Waals surface area contributed by atoms with Crippen LogP contribution in [0.2, 0.25) is 0 Å². The minimum atomic E-state index is -1.43. The van der Waals surface area contributed by atoms with E-state index in [2.05, 4.69) is 6.92 Å². The van der Waals surface area contributed by atoms with E-state index in [1.165, 1.54) is 18.6 Å². The van der Waals surface area contributed by atoms with Gasteiger partial charge in [0, 0.05) is 0 Å². The van der Waals surface area contributed by atoms with Gasteiger partial charge in [-0.15, -0.1) is 0 Å². The summed E-state index contributed by atoms with van der Waals surface area (Å²) in [6.07, 6.45) is 6.15. The van der Waals surface area contributed by atoms with Crippen molar-refractivity contribution in [3.8, 4) is 0 Å². The van der Waals surface area contributed by atoms with E-state index in [1.54, 1.807) is 0 Å². The summed E-state index contributed by atoms with van der Waals surface area (Å²) in [5.41, 5.74) is -0.256. The van der Waals surface area contributed by atoms with Gasteiger partial charge >= 0.3 is 5.97 Å². The molecule has 0 aliphatic heterocycles. The van der Waals surface area contributed by atoms with E-state index in [9.17, 15) is 13.6 Å². The Morgan fingerprint density at radius 2 is 1.85 bits per heavy atom. The number of carboxylic acid groups (broad SMARTS) is 1. The second kappa shape index (κ2) is 6.33. The summed E-state index contributed by atoms with van der Waals surface area (Å²) in [6, 6.07) is 2.61. The summed E-state index contributed by atoms with van der Waals surface area (Å²) in [5.74, 6) is -2.93. The molecule has 1 aliphatic carbocycles. The fraction of sp³-hybridized carbons (Fsp3) is 0.562. The van der Waals surface area contributed by atoms with Gasteiger partial charge in [-0.1, -0.05) is 25.8 Å². The molecule has 0 saturated heterocycles. The lowest BCUT2D eigenvalue weighted by atomic mass is 9.77. The molecule has 1 fully saturated rings. The Hall–Kier alpha value is -1.45. The van der Waals surface area contributed by atoms with E-state index in [0.29, 0.717) is 11.5 Å². The number of rotatable bonds is 4. The zero-order chi connectivity index (χ0) is 14.7. The molecule has 0 bridgehead atoms. The molecule has 2 nitrogen and oxygen atoms in total. The van der Waals surface area contributed by atoms with Gasteiger partial charge in [-0.2, -0.15) is 0 Å². The van der Waals surface area contributed by atoms with E-state index < -0.39 is 23.2 Å². The molecule has 0 heterocycles. The van der Waals surface area contributed by atoms with Crippen molar-refractivity contribution in [2.75, 3.05) is 0 Å². The first-order valence-electron chi connectivity index (χ1n) is 7.25. The Morgan fingerprint density at radius 3 is 2.40 bits per heavy atom. The lowest BCUT2D eigenvalue weighted by Crippen LogP contribution is -2.15. The zero-order valence-electron chi connectivity index (χ0n) is 11.7. The van der Waals surface area contributed by atoms with Crippen LogP contribution in [-0.2, 0) is 0 Å². The van der Waals surface area contributed by atoms with E-state index in [-0.39, 0.29) is 5.92 Å². The minimum Gasteiger partial charge on any atom is -0.478 e. The first-order chi connectivity index (χ1) is 9.54. The van der Waals surface area contributed by atoms with Gasteiger partial charge in [0.05, 0.1) is 5.56 Å². The molecular formula is C16H20F2O2. The van der Waals surface area contributed by atoms with Gasteiger partial charge in [-0.05, 0) is 49.1 Å². The quantitative estimate of drug-likeness (QED) is 0.866. The van der Waals surface area contributed by atoms with Crippen LogP contribution in [0.5, 0.6) is 0 Å². The Kier molecular flexibility index (Phi) is 4.73. The summed E-state index contributed by atoms with van der Waals surface area (Å²) in [6.45, 7) is 2.16. The molecule has 0 amide bonds. The maximum atomic E-state index is 14.0. The highest BCUT2D eigenvalue weighted by atomic mass is 19.2. The summed E-state index contributed by atoms with van der Waals surface area (Å²) in [4.78, 5) is 10.8. The van der Waals surface area contributed by atoms with Crippen molar-refractivity contribution < 1.29 is 18.7 Å². The molecule has 0 radical (unpaired) electrons. The molecule has 1 aromatic rings. The number of hydrogen-bond acceptors (Lipinski definition) is 1. The lowest BCUT2D eigenvalue weighted by molar-refractivity contribution is 0.0690. The predicted octanol–water partition coefficient (Wildman–Crippen LogP) is 4.74. The van der Waals surface area contributed by atoms with E-state index in [0.717, 1.165) is 32.1 Å². The first kappa shape index (κ1) is 14.9. The number of carboxylic acids is 1. The van der Waals surface area contributed by atoms with Crippen LogP contribution in [0.3, 0.4) is 0 Å². The first-order valence-corrected chi connectivity index (χ1v) is 7.25. The van der Waals surface area contributed by atoms with Crippen LogP contribution in [0.15, 0.2) is 12.1 Å². The second-order valence-corrected chi connectivity index (χ2v) is 5.64. The highest BCUT2D eigenvalue weighted by Gasteiger charge is 2.26. The standard InChI is InChI=1S/C16H20F2O2/c1-2-3-10-4-6-11(7-5-10)12-8-9-13(16(19)20)15(18)14(12)17/h8-11H,2-7H2,1H3,(H,19,20). The van der Waals surface area contributed by atoms with Crippen LogP contribution in [-0.4, -0.2) is 11.1 Å². The summed E-state index contributed by atoms with van der Waals surface area (Å²) >= 11 is 0. The third-order valence-corrected chi connectivity index (χ3v) is 4.33. The molecule has 4 heteroatoms. The van der Waals surface area contributed by atoms with Gasteiger partial charge in [0.2, 0.25) is 0 Å². The van der Waals surface area contributed by atoms with Gasteiger partial charge < -0.3 is 5.11 Å². The normalized spacial score (nSPS) is 22.8. The molecule has 1 aromatic carbocycles. The number of aromatic carboxylic acids is 1. The SMILES string of the molecule is CCCC1CCC(c2ccc(C(=O)O)c(F)c2F)CC1. The molecule has 0 spiro atoms. The molecule has 0 aromatic heterocycles. The molecule has 0 atom stereocenters. The predicted molar refractivity (Wildman–Crippen MR) is 72.9 cm³/mol. The number of halogens is 2. The Labute approximate surface area is 117 Å². The molecule has 1 saturated carbocycles.